The number of aryl methyl sites for hydroxylation is 1. The summed E-state index contributed by atoms with van der Waals surface area (Å²) in [7, 11) is 7.84. The summed E-state index contributed by atoms with van der Waals surface area (Å²) in [5, 5.41) is 6.72. The van der Waals surface area contributed by atoms with Crippen LogP contribution in [0.2, 0.25) is 0 Å². The molecule has 1 saturated carbocycles. The molecule has 0 saturated heterocycles. The molecule has 0 amide bonds. The van der Waals surface area contributed by atoms with Crippen molar-refractivity contribution >= 4 is 34.6 Å². The summed E-state index contributed by atoms with van der Waals surface area (Å²) in [6, 6.07) is 8.15. The molecule has 0 atom stereocenters. The minimum absolute atomic E-state index is 0.118. The van der Waals surface area contributed by atoms with Crippen molar-refractivity contribution in [2.75, 3.05) is 68.3 Å². The van der Waals surface area contributed by atoms with Crippen LogP contribution in [0.3, 0.4) is 0 Å². The lowest BCUT2D eigenvalue weighted by Crippen LogP contribution is -2.29. The van der Waals surface area contributed by atoms with Gasteiger partial charge in [-0.1, -0.05) is 13.2 Å². The van der Waals surface area contributed by atoms with E-state index >= 15 is 0 Å². The second kappa shape index (κ2) is 10.5. The summed E-state index contributed by atoms with van der Waals surface area (Å²) >= 11 is 0. The van der Waals surface area contributed by atoms with Crippen LogP contribution in [0.15, 0.2) is 55.5 Å². The number of methoxy groups -OCH3 is 1. The van der Waals surface area contributed by atoms with Crippen LogP contribution in [0.1, 0.15) is 24.2 Å². The smallest absolute Gasteiger partial charge is 0.234 e. The van der Waals surface area contributed by atoms with E-state index in [-0.39, 0.29) is 5.41 Å². The van der Waals surface area contributed by atoms with Crippen molar-refractivity contribution in [1.82, 2.24) is 24.8 Å². The fourth-order valence-electron chi connectivity index (χ4n) is 4.89. The highest BCUT2D eigenvalue weighted by atomic mass is 16.5. The molecule has 2 aromatic heterocycles. The average Bonchev–Trinajstić information content (AvgIpc) is 3.64. The summed E-state index contributed by atoms with van der Waals surface area (Å²) in [5.41, 5.74) is 6.64. The molecule has 1 aliphatic carbocycles. The van der Waals surface area contributed by atoms with Gasteiger partial charge >= 0.3 is 0 Å². The number of nitrogens with one attached hydrogen (secondary N) is 2. The Morgan fingerprint density at radius 3 is 2.62 bits per heavy atom. The Balaban J connectivity index is 1.46. The van der Waals surface area contributed by atoms with Crippen LogP contribution in [0.5, 0.6) is 5.75 Å². The molecule has 3 aromatic rings. The Kier molecular flexibility index (Phi) is 7.14. The number of aromatic nitrogens is 4. The standard InChI is InChI=1S/C29H37N9O/c1-8-19(2)32-21-15-22(25(39-7)16-24(21)37(6)14-13-36(4)5)34-27-30-18-31-28(35-27)38-17-29(11-12-29)26-23(38)10-9-20(3)33-26/h8-10,15-16,18,32H,1-2,11-14,17H2,3-7H3,(H,30,31,34,35). The third-order valence-electron chi connectivity index (χ3n) is 7.32. The van der Waals surface area contributed by atoms with E-state index in [1.54, 1.807) is 19.5 Å². The molecular formula is C29H37N9O. The first-order chi connectivity index (χ1) is 18.7. The zero-order valence-corrected chi connectivity index (χ0v) is 23.5. The van der Waals surface area contributed by atoms with E-state index in [0.717, 1.165) is 66.6 Å². The number of hydrogen-bond acceptors (Lipinski definition) is 10. The Morgan fingerprint density at radius 2 is 1.92 bits per heavy atom. The fraction of sp³-hybridized carbons (Fsp3) is 0.379. The van der Waals surface area contributed by atoms with Crippen LogP contribution < -0.4 is 25.2 Å². The maximum absolute atomic E-state index is 5.78. The summed E-state index contributed by atoms with van der Waals surface area (Å²) in [4.78, 5) is 25.1. The largest absolute Gasteiger partial charge is 0.494 e. The van der Waals surface area contributed by atoms with Crippen molar-refractivity contribution in [3.63, 3.8) is 0 Å². The molecular weight excluding hydrogens is 490 g/mol. The van der Waals surface area contributed by atoms with Gasteiger partial charge in [-0.05, 0) is 58.1 Å². The maximum atomic E-state index is 5.78. The van der Waals surface area contributed by atoms with Gasteiger partial charge < -0.3 is 30.1 Å². The highest BCUT2D eigenvalue weighted by Gasteiger charge is 2.54. The number of pyridine rings is 1. The van der Waals surface area contributed by atoms with Crippen molar-refractivity contribution in [3.05, 3.63) is 66.9 Å². The predicted molar refractivity (Wildman–Crippen MR) is 158 cm³/mol. The molecule has 2 aliphatic rings. The number of allylic oxidation sites excluding steroid dienone is 1. The van der Waals surface area contributed by atoms with Crippen molar-refractivity contribution < 1.29 is 4.74 Å². The SMILES string of the molecule is C=CC(=C)Nc1cc(Nc2ncnc(N3CC4(CC4)c4nc(C)ccc43)n2)c(OC)cc1N(C)CCN(C)C. The van der Waals surface area contributed by atoms with Crippen molar-refractivity contribution in [3.8, 4) is 5.75 Å². The number of ether oxygens (including phenoxy) is 1. The average molecular weight is 528 g/mol. The molecule has 204 valence electrons. The van der Waals surface area contributed by atoms with Crippen molar-refractivity contribution in [2.45, 2.75) is 25.2 Å². The van der Waals surface area contributed by atoms with E-state index < -0.39 is 0 Å². The predicted octanol–water partition coefficient (Wildman–Crippen LogP) is 4.62. The maximum Gasteiger partial charge on any atom is 0.234 e. The van der Waals surface area contributed by atoms with Crippen molar-refractivity contribution in [2.24, 2.45) is 0 Å². The first-order valence-corrected chi connectivity index (χ1v) is 13.1. The molecule has 1 aromatic carbocycles. The normalized spacial score (nSPS) is 14.8. The second-order valence-electron chi connectivity index (χ2n) is 10.6. The topological polar surface area (TPSA) is 94.6 Å². The molecule has 10 nitrogen and oxygen atoms in total. The third kappa shape index (κ3) is 5.37. The molecule has 2 N–H and O–H groups in total. The Labute approximate surface area is 230 Å². The highest BCUT2D eigenvalue weighted by molar-refractivity contribution is 5.82. The molecule has 1 aliphatic heterocycles. The lowest BCUT2D eigenvalue weighted by Gasteiger charge is -2.26. The van der Waals surface area contributed by atoms with Gasteiger partial charge in [-0.25, -0.2) is 9.97 Å². The zero-order valence-electron chi connectivity index (χ0n) is 23.5. The Bertz CT molecular complexity index is 1400. The van der Waals surface area contributed by atoms with Gasteiger partial charge in [0, 0.05) is 49.6 Å². The molecule has 0 radical (unpaired) electrons. The summed E-state index contributed by atoms with van der Waals surface area (Å²) in [5.74, 6) is 1.70. The van der Waals surface area contributed by atoms with Crippen LogP contribution in [0.4, 0.5) is 34.6 Å². The number of hydrogen-bond donors (Lipinski definition) is 2. The summed E-state index contributed by atoms with van der Waals surface area (Å²) < 4.78 is 5.78. The van der Waals surface area contributed by atoms with Crippen LogP contribution in [0.25, 0.3) is 0 Å². The van der Waals surface area contributed by atoms with Gasteiger partial charge in [0.2, 0.25) is 11.9 Å². The molecule has 3 heterocycles. The number of benzene rings is 1. The minimum atomic E-state index is 0.118. The van der Waals surface area contributed by atoms with Gasteiger partial charge in [-0.2, -0.15) is 4.98 Å². The Morgan fingerprint density at radius 1 is 1.13 bits per heavy atom. The molecule has 5 rings (SSSR count). The lowest BCUT2D eigenvalue weighted by molar-refractivity contribution is 0.413. The Hall–Kier alpha value is -4.18. The van der Waals surface area contributed by atoms with Gasteiger partial charge in [0.15, 0.2) is 0 Å². The lowest BCUT2D eigenvalue weighted by atomic mass is 10.0. The minimum Gasteiger partial charge on any atom is -0.494 e. The van der Waals surface area contributed by atoms with E-state index in [1.165, 1.54) is 0 Å². The van der Waals surface area contributed by atoms with Gasteiger partial charge in [-0.3, -0.25) is 4.98 Å². The number of nitrogens with zero attached hydrogens (tertiary/aromatic N) is 7. The van der Waals surface area contributed by atoms with Crippen LogP contribution in [0, 0.1) is 6.92 Å². The number of likely N-dealkylation sites (N-methyl/N-ethyl adjacent to an activating group) is 2. The molecule has 1 fully saturated rings. The van der Waals surface area contributed by atoms with Crippen LogP contribution in [-0.4, -0.2) is 72.7 Å². The van der Waals surface area contributed by atoms with Gasteiger partial charge in [0.05, 0.1) is 35.6 Å². The fourth-order valence-corrected chi connectivity index (χ4v) is 4.89. The molecule has 1 spiro atoms. The van der Waals surface area contributed by atoms with Crippen LogP contribution in [-0.2, 0) is 5.41 Å². The zero-order chi connectivity index (χ0) is 27.7. The van der Waals surface area contributed by atoms with Crippen molar-refractivity contribution in [1.29, 1.82) is 0 Å². The quantitative estimate of drug-likeness (QED) is 0.344. The summed E-state index contributed by atoms with van der Waals surface area (Å²) in [6.07, 6.45) is 5.51. The van der Waals surface area contributed by atoms with Crippen LogP contribution >= 0.6 is 0 Å². The number of anilines is 6. The third-order valence-corrected chi connectivity index (χ3v) is 7.32. The van der Waals surface area contributed by atoms with E-state index in [2.05, 4.69) is 75.7 Å². The number of fused-ring (bicyclic) bond motifs is 2. The highest BCUT2D eigenvalue weighted by Crippen LogP contribution is 2.56. The van der Waals surface area contributed by atoms with Gasteiger partial charge in [0.1, 0.15) is 12.1 Å². The molecule has 39 heavy (non-hydrogen) atoms. The second-order valence-corrected chi connectivity index (χ2v) is 10.6. The van der Waals surface area contributed by atoms with E-state index in [0.29, 0.717) is 23.3 Å². The van der Waals surface area contributed by atoms with Gasteiger partial charge in [0.25, 0.3) is 0 Å². The monoisotopic (exact) mass is 527 g/mol. The van der Waals surface area contributed by atoms with Gasteiger partial charge in [-0.15, -0.1) is 0 Å². The van der Waals surface area contributed by atoms with E-state index in [1.807, 2.05) is 25.1 Å². The summed E-state index contributed by atoms with van der Waals surface area (Å²) in [6.45, 7) is 12.5. The molecule has 0 bridgehead atoms. The van der Waals surface area contributed by atoms with E-state index in [9.17, 15) is 0 Å². The first kappa shape index (κ1) is 26.4. The molecule has 10 heteroatoms. The first-order valence-electron chi connectivity index (χ1n) is 13.1. The van der Waals surface area contributed by atoms with E-state index in [4.69, 9.17) is 14.7 Å². The molecule has 0 unspecified atom stereocenters. The number of rotatable bonds is 11.